The molecule has 0 radical (unpaired) electrons. The van der Waals surface area contributed by atoms with Gasteiger partial charge in [-0.15, -0.1) is 0 Å². The first-order valence-electron chi connectivity index (χ1n) is 7.03. The average molecular weight is 249 g/mol. The van der Waals surface area contributed by atoms with Gasteiger partial charge in [-0.25, -0.2) is 0 Å². The zero-order valence-electron chi connectivity index (χ0n) is 11.4. The summed E-state index contributed by atoms with van der Waals surface area (Å²) in [7, 11) is 0. The molecule has 0 saturated carbocycles. The first-order chi connectivity index (χ1) is 8.83. The number of pyridine rings is 1. The molecule has 0 bridgehead atoms. The summed E-state index contributed by atoms with van der Waals surface area (Å²) in [5, 5.41) is 2.96. The van der Waals surface area contributed by atoms with Crippen LogP contribution in [0.3, 0.4) is 0 Å². The van der Waals surface area contributed by atoms with Gasteiger partial charge >= 0.3 is 0 Å². The van der Waals surface area contributed by atoms with Crippen molar-refractivity contribution >= 4 is 5.91 Å². The van der Waals surface area contributed by atoms with Crippen molar-refractivity contribution in [2.24, 2.45) is 0 Å². The molecule has 0 aliphatic rings. The van der Waals surface area contributed by atoms with E-state index >= 15 is 0 Å². The van der Waals surface area contributed by atoms with E-state index in [9.17, 15) is 4.79 Å². The van der Waals surface area contributed by atoms with Crippen LogP contribution < -0.4 is 9.88 Å². The molecule has 3 nitrogen and oxygen atoms in total. The van der Waals surface area contributed by atoms with Crippen molar-refractivity contribution in [2.75, 3.05) is 6.54 Å². The number of nitrogens with one attached hydrogen (secondary N) is 1. The number of amides is 1. The number of hydrogen-bond acceptors (Lipinski definition) is 1. The summed E-state index contributed by atoms with van der Waals surface area (Å²) in [5.74, 6) is 0.0970. The predicted octanol–water partition coefficient (Wildman–Crippen LogP) is 2.45. The molecule has 0 fully saturated rings. The van der Waals surface area contributed by atoms with E-state index in [-0.39, 0.29) is 5.91 Å². The Bertz CT molecular complexity index is 325. The second-order valence-corrected chi connectivity index (χ2v) is 4.67. The lowest BCUT2D eigenvalue weighted by molar-refractivity contribution is -0.684. The molecule has 18 heavy (non-hydrogen) atoms. The van der Waals surface area contributed by atoms with E-state index in [1.165, 1.54) is 32.1 Å². The first kappa shape index (κ1) is 14.7. The topological polar surface area (TPSA) is 33.0 Å². The molecule has 3 heteroatoms. The molecular weight excluding hydrogens is 224 g/mol. The lowest BCUT2D eigenvalue weighted by Gasteiger charge is -2.03. The minimum Gasteiger partial charge on any atom is -0.351 e. The maximum atomic E-state index is 11.6. The van der Waals surface area contributed by atoms with Crippen LogP contribution in [0.2, 0.25) is 0 Å². The van der Waals surface area contributed by atoms with Gasteiger partial charge in [0, 0.05) is 18.7 Å². The van der Waals surface area contributed by atoms with Crippen LogP contribution in [0.15, 0.2) is 30.6 Å². The Hall–Kier alpha value is -1.38. The summed E-state index contributed by atoms with van der Waals surface area (Å²) >= 11 is 0. The van der Waals surface area contributed by atoms with Crippen LogP contribution in [-0.4, -0.2) is 12.5 Å². The standard InChI is InChI=1S/C15H24N2O/c1-2-3-4-5-6-8-11-16-15(18)14-17-12-9-7-10-13-17/h7,9-10,12-13H,2-6,8,11,14H2,1H3/p+1. The van der Waals surface area contributed by atoms with E-state index in [1.54, 1.807) is 0 Å². The van der Waals surface area contributed by atoms with Crippen molar-refractivity contribution in [3.8, 4) is 0 Å². The third kappa shape index (κ3) is 7.05. The van der Waals surface area contributed by atoms with Gasteiger partial charge in [0.05, 0.1) is 0 Å². The van der Waals surface area contributed by atoms with Crippen molar-refractivity contribution < 1.29 is 9.36 Å². The summed E-state index contributed by atoms with van der Waals surface area (Å²) in [5.41, 5.74) is 0. The highest BCUT2D eigenvalue weighted by Crippen LogP contribution is 2.03. The number of carbonyl (C=O) groups is 1. The Morgan fingerprint density at radius 1 is 1.00 bits per heavy atom. The molecule has 0 aromatic carbocycles. The molecular formula is C15H25N2O+. The van der Waals surface area contributed by atoms with Gasteiger partial charge in [-0.2, -0.15) is 4.57 Å². The summed E-state index contributed by atoms with van der Waals surface area (Å²) < 4.78 is 1.89. The van der Waals surface area contributed by atoms with Crippen molar-refractivity contribution in [3.05, 3.63) is 30.6 Å². The molecule has 1 rings (SSSR count). The second kappa shape index (κ2) is 9.63. The average Bonchev–Trinajstić information content (AvgIpc) is 2.39. The van der Waals surface area contributed by atoms with Crippen LogP contribution in [0.5, 0.6) is 0 Å². The fourth-order valence-electron chi connectivity index (χ4n) is 1.89. The van der Waals surface area contributed by atoms with Gasteiger partial charge in [-0.3, -0.25) is 4.79 Å². The number of aromatic nitrogens is 1. The fourth-order valence-corrected chi connectivity index (χ4v) is 1.89. The molecule has 0 unspecified atom stereocenters. The zero-order valence-corrected chi connectivity index (χ0v) is 11.4. The van der Waals surface area contributed by atoms with E-state index < -0.39 is 0 Å². The smallest absolute Gasteiger partial charge is 0.285 e. The third-order valence-corrected chi connectivity index (χ3v) is 2.96. The van der Waals surface area contributed by atoms with Crippen LogP contribution in [0.25, 0.3) is 0 Å². The summed E-state index contributed by atoms with van der Waals surface area (Å²) in [6.07, 6.45) is 11.4. The van der Waals surface area contributed by atoms with Gasteiger partial charge in [0.15, 0.2) is 12.4 Å². The van der Waals surface area contributed by atoms with Crippen LogP contribution >= 0.6 is 0 Å². The first-order valence-corrected chi connectivity index (χ1v) is 7.03. The van der Waals surface area contributed by atoms with Crippen LogP contribution in [0, 0.1) is 0 Å². The van der Waals surface area contributed by atoms with E-state index in [0.29, 0.717) is 6.54 Å². The predicted molar refractivity (Wildman–Crippen MR) is 73.0 cm³/mol. The van der Waals surface area contributed by atoms with E-state index in [1.807, 2.05) is 35.2 Å². The Labute approximate surface area is 110 Å². The van der Waals surface area contributed by atoms with Crippen molar-refractivity contribution in [1.29, 1.82) is 0 Å². The number of carbonyl (C=O) groups excluding carboxylic acids is 1. The quantitative estimate of drug-likeness (QED) is 0.529. The maximum Gasteiger partial charge on any atom is 0.285 e. The molecule has 0 spiro atoms. The molecule has 1 amide bonds. The van der Waals surface area contributed by atoms with Gasteiger partial charge in [0.25, 0.3) is 5.91 Å². The second-order valence-electron chi connectivity index (χ2n) is 4.67. The molecule has 1 heterocycles. The largest absolute Gasteiger partial charge is 0.351 e. The molecule has 0 aliphatic heterocycles. The van der Waals surface area contributed by atoms with Gasteiger partial charge in [-0.05, 0) is 6.42 Å². The van der Waals surface area contributed by atoms with Gasteiger partial charge in [-0.1, -0.05) is 45.1 Å². The molecule has 0 atom stereocenters. The highest BCUT2D eigenvalue weighted by atomic mass is 16.1. The fraction of sp³-hybridized carbons (Fsp3) is 0.600. The third-order valence-electron chi connectivity index (χ3n) is 2.96. The zero-order chi connectivity index (χ0) is 13.1. The van der Waals surface area contributed by atoms with E-state index in [4.69, 9.17) is 0 Å². The van der Waals surface area contributed by atoms with E-state index in [2.05, 4.69) is 12.2 Å². The lowest BCUT2D eigenvalue weighted by atomic mass is 10.1. The normalized spacial score (nSPS) is 10.3. The number of unbranched alkanes of at least 4 members (excludes halogenated alkanes) is 5. The molecule has 1 aromatic rings. The summed E-state index contributed by atoms with van der Waals surface area (Å²) in [4.78, 5) is 11.6. The van der Waals surface area contributed by atoms with Crippen molar-refractivity contribution in [2.45, 2.75) is 52.0 Å². The van der Waals surface area contributed by atoms with Gasteiger partial charge < -0.3 is 5.32 Å². The number of rotatable bonds is 9. The van der Waals surface area contributed by atoms with Gasteiger partial charge in [0.1, 0.15) is 0 Å². The van der Waals surface area contributed by atoms with Crippen LogP contribution in [0.1, 0.15) is 45.4 Å². The van der Waals surface area contributed by atoms with Gasteiger partial charge in [0.2, 0.25) is 6.54 Å². The molecule has 0 aliphatic carbocycles. The molecule has 1 aromatic heterocycles. The molecule has 1 N–H and O–H groups in total. The van der Waals surface area contributed by atoms with Crippen molar-refractivity contribution in [1.82, 2.24) is 5.32 Å². The van der Waals surface area contributed by atoms with Crippen LogP contribution in [0.4, 0.5) is 0 Å². The van der Waals surface area contributed by atoms with Crippen LogP contribution in [-0.2, 0) is 11.3 Å². The summed E-state index contributed by atoms with van der Waals surface area (Å²) in [6, 6.07) is 5.81. The van der Waals surface area contributed by atoms with Crippen molar-refractivity contribution in [3.63, 3.8) is 0 Å². The molecule has 0 saturated heterocycles. The maximum absolute atomic E-state index is 11.6. The highest BCUT2D eigenvalue weighted by Gasteiger charge is 2.06. The Balaban J connectivity index is 2.00. The summed E-state index contributed by atoms with van der Waals surface area (Å²) in [6.45, 7) is 3.44. The monoisotopic (exact) mass is 249 g/mol. The minimum atomic E-state index is 0.0970. The lowest BCUT2D eigenvalue weighted by Crippen LogP contribution is -2.42. The minimum absolute atomic E-state index is 0.0970. The number of nitrogens with zero attached hydrogens (tertiary/aromatic N) is 1. The molecule has 100 valence electrons. The Kier molecular flexibility index (Phi) is 7.85. The highest BCUT2D eigenvalue weighted by molar-refractivity contribution is 5.74. The Morgan fingerprint density at radius 2 is 1.67 bits per heavy atom. The Morgan fingerprint density at radius 3 is 2.39 bits per heavy atom. The SMILES string of the molecule is CCCCCCCCNC(=O)C[n+]1ccccc1. The van der Waals surface area contributed by atoms with E-state index in [0.717, 1.165) is 13.0 Å². The number of hydrogen-bond donors (Lipinski definition) is 1.